The summed E-state index contributed by atoms with van der Waals surface area (Å²) >= 11 is 0. The van der Waals surface area contributed by atoms with Gasteiger partial charge in [0.2, 0.25) is 11.8 Å². The number of rotatable bonds is 0. The van der Waals surface area contributed by atoms with Crippen LogP contribution in [0.1, 0.15) is 25.7 Å². The van der Waals surface area contributed by atoms with Gasteiger partial charge in [0.05, 0.1) is 0 Å². The van der Waals surface area contributed by atoms with Crippen LogP contribution in [0.4, 0.5) is 0 Å². The molecule has 1 aliphatic carbocycles. The molecular formula is C8H12NNaO2. The van der Waals surface area contributed by atoms with E-state index in [1.54, 1.807) is 0 Å². The molecule has 2 rings (SSSR count). The van der Waals surface area contributed by atoms with Crippen molar-refractivity contribution in [1.29, 1.82) is 0 Å². The van der Waals surface area contributed by atoms with E-state index in [9.17, 15) is 9.59 Å². The molecule has 1 saturated carbocycles. The number of amides is 2. The van der Waals surface area contributed by atoms with Crippen LogP contribution in [-0.4, -0.2) is 41.4 Å². The molecule has 0 bridgehead atoms. The van der Waals surface area contributed by atoms with Crippen LogP contribution in [0.15, 0.2) is 0 Å². The van der Waals surface area contributed by atoms with Gasteiger partial charge in [0.1, 0.15) is 0 Å². The van der Waals surface area contributed by atoms with Gasteiger partial charge in [-0.15, -0.1) is 0 Å². The van der Waals surface area contributed by atoms with E-state index in [0.717, 1.165) is 25.7 Å². The Bertz CT molecular complexity index is 195. The Labute approximate surface area is 93.6 Å². The Hall–Kier alpha value is 0.140. The monoisotopic (exact) mass is 177 g/mol. The fraction of sp³-hybridized carbons (Fsp3) is 0.750. The third kappa shape index (κ3) is 1.58. The second-order valence-corrected chi connectivity index (χ2v) is 3.35. The first-order valence-corrected chi connectivity index (χ1v) is 4.14. The molecule has 4 heteroatoms. The van der Waals surface area contributed by atoms with Crippen molar-refractivity contribution < 1.29 is 9.59 Å². The number of carbonyl (C=O) groups excluding carboxylic acids is 2. The van der Waals surface area contributed by atoms with Gasteiger partial charge < -0.3 is 0 Å². The van der Waals surface area contributed by atoms with Crippen LogP contribution in [0.25, 0.3) is 0 Å². The predicted octanol–water partition coefficient (Wildman–Crippen LogP) is -0.199. The van der Waals surface area contributed by atoms with Crippen molar-refractivity contribution in [3.8, 4) is 0 Å². The van der Waals surface area contributed by atoms with Gasteiger partial charge in [0.25, 0.3) is 0 Å². The van der Waals surface area contributed by atoms with Gasteiger partial charge in [-0.3, -0.25) is 14.9 Å². The van der Waals surface area contributed by atoms with Crippen LogP contribution in [0.2, 0.25) is 0 Å². The molecule has 1 aliphatic heterocycles. The first-order valence-electron chi connectivity index (χ1n) is 4.14. The van der Waals surface area contributed by atoms with Crippen LogP contribution >= 0.6 is 0 Å². The van der Waals surface area contributed by atoms with Crippen molar-refractivity contribution in [2.45, 2.75) is 25.7 Å². The molecule has 2 aliphatic rings. The first kappa shape index (κ1) is 10.2. The molecule has 2 amide bonds. The van der Waals surface area contributed by atoms with E-state index in [0.29, 0.717) is 0 Å². The van der Waals surface area contributed by atoms with E-state index in [2.05, 4.69) is 5.32 Å². The van der Waals surface area contributed by atoms with Gasteiger partial charge in [-0.05, 0) is 12.8 Å². The fourth-order valence-electron chi connectivity index (χ4n) is 2.07. The molecule has 12 heavy (non-hydrogen) atoms. The molecule has 2 fully saturated rings. The molecule has 3 nitrogen and oxygen atoms in total. The molecule has 0 spiro atoms. The molecule has 0 radical (unpaired) electrons. The maximum absolute atomic E-state index is 11.1. The summed E-state index contributed by atoms with van der Waals surface area (Å²) in [6, 6.07) is 0. The molecule has 0 aromatic rings. The van der Waals surface area contributed by atoms with Crippen molar-refractivity contribution in [1.82, 2.24) is 5.32 Å². The summed E-state index contributed by atoms with van der Waals surface area (Å²) in [5.41, 5.74) is 0. The Morgan fingerprint density at radius 2 is 1.42 bits per heavy atom. The van der Waals surface area contributed by atoms with Crippen molar-refractivity contribution >= 4 is 41.4 Å². The van der Waals surface area contributed by atoms with Gasteiger partial charge in [0.15, 0.2) is 0 Å². The Kier molecular flexibility index (Phi) is 3.32. The van der Waals surface area contributed by atoms with E-state index in [1.165, 1.54) is 0 Å². The minimum absolute atomic E-state index is 0. The molecular weight excluding hydrogens is 165 g/mol. The van der Waals surface area contributed by atoms with Crippen molar-refractivity contribution in [2.24, 2.45) is 11.8 Å². The summed E-state index contributed by atoms with van der Waals surface area (Å²) in [6.07, 6.45) is 4.01. The van der Waals surface area contributed by atoms with Gasteiger partial charge in [-0.25, -0.2) is 0 Å². The molecule has 2 atom stereocenters. The third-order valence-corrected chi connectivity index (χ3v) is 2.69. The number of carbonyl (C=O) groups is 2. The summed E-state index contributed by atoms with van der Waals surface area (Å²) in [5, 5.41) is 2.38. The number of hydrogen-bond acceptors (Lipinski definition) is 2. The number of imide groups is 1. The zero-order valence-electron chi connectivity index (χ0n) is 6.30. The number of hydrogen-bond donors (Lipinski definition) is 1. The molecule has 62 valence electrons. The average molecular weight is 177 g/mol. The molecule has 1 N–H and O–H groups in total. The van der Waals surface area contributed by atoms with Crippen LogP contribution in [0, 0.1) is 11.8 Å². The van der Waals surface area contributed by atoms with Gasteiger partial charge >= 0.3 is 29.6 Å². The van der Waals surface area contributed by atoms with Crippen molar-refractivity contribution in [2.75, 3.05) is 0 Å². The Morgan fingerprint density at radius 3 is 1.83 bits per heavy atom. The van der Waals surface area contributed by atoms with Crippen molar-refractivity contribution in [3.05, 3.63) is 0 Å². The third-order valence-electron chi connectivity index (χ3n) is 2.69. The van der Waals surface area contributed by atoms with Gasteiger partial charge in [-0.2, -0.15) is 0 Å². The number of fused-ring (bicyclic) bond motifs is 1. The van der Waals surface area contributed by atoms with E-state index < -0.39 is 0 Å². The zero-order chi connectivity index (χ0) is 7.84. The average Bonchev–Trinajstić information content (AvgIpc) is 2.30. The van der Waals surface area contributed by atoms with E-state index >= 15 is 0 Å². The van der Waals surface area contributed by atoms with E-state index in [4.69, 9.17) is 0 Å². The standard InChI is InChI=1S/C8H11NO2.Na.H/c10-7-5-3-1-2-4-6(5)8(11)9-7;;/h5-6H,1-4H2,(H,9,10,11);;. The zero-order valence-corrected chi connectivity index (χ0v) is 6.30. The SMILES string of the molecule is O=C1NC(=O)C2CCCCC12.[NaH]. The summed E-state index contributed by atoms with van der Waals surface area (Å²) in [6.45, 7) is 0. The van der Waals surface area contributed by atoms with Crippen LogP contribution in [0.3, 0.4) is 0 Å². The molecule has 2 unspecified atom stereocenters. The quantitative estimate of drug-likeness (QED) is 0.411. The van der Waals surface area contributed by atoms with Crippen LogP contribution in [-0.2, 0) is 9.59 Å². The maximum atomic E-state index is 11.1. The normalized spacial score (nSPS) is 33.7. The van der Waals surface area contributed by atoms with E-state index in [-0.39, 0.29) is 53.2 Å². The topological polar surface area (TPSA) is 46.2 Å². The molecule has 0 aromatic carbocycles. The van der Waals surface area contributed by atoms with Gasteiger partial charge in [-0.1, -0.05) is 12.8 Å². The van der Waals surface area contributed by atoms with Crippen molar-refractivity contribution in [3.63, 3.8) is 0 Å². The van der Waals surface area contributed by atoms with Crippen LogP contribution < -0.4 is 5.32 Å². The Balaban J connectivity index is 0.000000720. The second-order valence-electron chi connectivity index (χ2n) is 3.35. The second kappa shape index (κ2) is 3.90. The molecule has 1 heterocycles. The van der Waals surface area contributed by atoms with Crippen LogP contribution in [0.5, 0.6) is 0 Å². The number of nitrogens with one attached hydrogen (secondary N) is 1. The summed E-state index contributed by atoms with van der Waals surface area (Å²) in [7, 11) is 0. The van der Waals surface area contributed by atoms with E-state index in [1.807, 2.05) is 0 Å². The summed E-state index contributed by atoms with van der Waals surface area (Å²) < 4.78 is 0. The summed E-state index contributed by atoms with van der Waals surface area (Å²) in [4.78, 5) is 22.2. The Morgan fingerprint density at radius 1 is 1.00 bits per heavy atom. The molecule has 1 saturated heterocycles. The minimum atomic E-state index is -0.0419. The predicted molar refractivity (Wildman–Crippen MR) is 45.7 cm³/mol. The fourth-order valence-corrected chi connectivity index (χ4v) is 2.07. The first-order chi connectivity index (χ1) is 5.29. The summed E-state index contributed by atoms with van der Waals surface area (Å²) in [5.74, 6) is -0.0631. The molecule has 0 aromatic heterocycles. The van der Waals surface area contributed by atoms with Gasteiger partial charge in [0, 0.05) is 11.8 Å².